The molecule has 0 heterocycles. The van der Waals surface area contributed by atoms with Crippen molar-refractivity contribution < 1.29 is 8.78 Å². The minimum Gasteiger partial charge on any atom is -0.296 e. The fraction of sp³-hybridized carbons (Fsp3) is 0.364. The van der Waals surface area contributed by atoms with E-state index in [0.29, 0.717) is 12.1 Å². The second-order valence-electron chi connectivity index (χ2n) is 3.84. The van der Waals surface area contributed by atoms with Crippen molar-refractivity contribution in [2.45, 2.75) is 25.9 Å². The van der Waals surface area contributed by atoms with E-state index in [2.05, 4.69) is 11.4 Å². The average Bonchev–Trinajstić information content (AvgIpc) is 2.20. The molecule has 0 aromatic heterocycles. The molecule has 80 valence electrons. The normalized spacial score (nSPS) is 11.1. The summed E-state index contributed by atoms with van der Waals surface area (Å²) in [4.78, 5) is 0. The second-order valence-corrected chi connectivity index (χ2v) is 3.84. The van der Waals surface area contributed by atoms with Gasteiger partial charge in [0.15, 0.2) is 11.6 Å². The smallest absolute Gasteiger partial charge is 0.159 e. The highest BCUT2D eigenvalue weighted by Gasteiger charge is 2.15. The van der Waals surface area contributed by atoms with Gasteiger partial charge in [0, 0.05) is 6.54 Å². The van der Waals surface area contributed by atoms with Crippen LogP contribution in [0.4, 0.5) is 8.78 Å². The van der Waals surface area contributed by atoms with E-state index < -0.39 is 17.2 Å². The molecule has 0 bridgehead atoms. The standard InChI is InChI=1S/C11H12F2N2/c1-11(2,7-14)15-6-8-3-4-9(12)10(13)5-8/h3-5,15H,6H2,1-2H3. The van der Waals surface area contributed by atoms with E-state index in [1.54, 1.807) is 13.8 Å². The van der Waals surface area contributed by atoms with Crippen LogP contribution in [0.3, 0.4) is 0 Å². The first-order valence-corrected chi connectivity index (χ1v) is 4.55. The predicted molar refractivity (Wildman–Crippen MR) is 52.9 cm³/mol. The summed E-state index contributed by atoms with van der Waals surface area (Å²) >= 11 is 0. The van der Waals surface area contributed by atoms with Crippen molar-refractivity contribution in [1.82, 2.24) is 5.32 Å². The Kier molecular flexibility index (Phi) is 3.38. The number of hydrogen-bond acceptors (Lipinski definition) is 2. The number of hydrogen-bond donors (Lipinski definition) is 1. The van der Waals surface area contributed by atoms with E-state index in [1.165, 1.54) is 6.07 Å². The van der Waals surface area contributed by atoms with E-state index >= 15 is 0 Å². The maximum absolute atomic E-state index is 12.8. The third-order valence-corrected chi connectivity index (χ3v) is 2.00. The van der Waals surface area contributed by atoms with Gasteiger partial charge in [-0.15, -0.1) is 0 Å². The first-order chi connectivity index (χ1) is 6.94. The quantitative estimate of drug-likeness (QED) is 0.831. The number of nitriles is 1. The van der Waals surface area contributed by atoms with Crippen LogP contribution in [0.2, 0.25) is 0 Å². The van der Waals surface area contributed by atoms with Crippen molar-refractivity contribution in [2.24, 2.45) is 0 Å². The molecule has 0 amide bonds. The van der Waals surface area contributed by atoms with Crippen molar-refractivity contribution in [3.63, 3.8) is 0 Å². The molecule has 0 spiro atoms. The molecule has 1 rings (SSSR count). The van der Waals surface area contributed by atoms with Gasteiger partial charge in [0.05, 0.1) is 6.07 Å². The number of nitrogens with one attached hydrogen (secondary N) is 1. The predicted octanol–water partition coefficient (Wildman–Crippen LogP) is 2.36. The van der Waals surface area contributed by atoms with E-state index in [9.17, 15) is 8.78 Å². The fourth-order valence-corrected chi connectivity index (χ4v) is 1.01. The summed E-state index contributed by atoms with van der Waals surface area (Å²) in [7, 11) is 0. The Morgan fingerprint density at radius 1 is 1.33 bits per heavy atom. The second kappa shape index (κ2) is 4.37. The van der Waals surface area contributed by atoms with Crippen molar-refractivity contribution in [2.75, 3.05) is 0 Å². The molecule has 0 atom stereocenters. The van der Waals surface area contributed by atoms with Gasteiger partial charge in [-0.1, -0.05) is 6.07 Å². The summed E-state index contributed by atoms with van der Waals surface area (Å²) in [5.74, 6) is -1.73. The minimum atomic E-state index is -0.871. The monoisotopic (exact) mass is 210 g/mol. The third kappa shape index (κ3) is 3.30. The zero-order chi connectivity index (χ0) is 11.5. The highest BCUT2D eigenvalue weighted by atomic mass is 19.2. The summed E-state index contributed by atoms with van der Waals surface area (Å²) < 4.78 is 25.4. The third-order valence-electron chi connectivity index (χ3n) is 2.00. The summed E-state index contributed by atoms with van der Waals surface area (Å²) in [6.45, 7) is 3.76. The number of rotatable bonds is 3. The first-order valence-electron chi connectivity index (χ1n) is 4.55. The fourth-order valence-electron chi connectivity index (χ4n) is 1.01. The van der Waals surface area contributed by atoms with E-state index in [0.717, 1.165) is 12.1 Å². The van der Waals surface area contributed by atoms with Gasteiger partial charge in [0.25, 0.3) is 0 Å². The van der Waals surface area contributed by atoms with Crippen LogP contribution in [0.25, 0.3) is 0 Å². The molecule has 0 unspecified atom stereocenters. The van der Waals surface area contributed by atoms with Crippen LogP contribution in [-0.2, 0) is 6.54 Å². The van der Waals surface area contributed by atoms with E-state index in [1.807, 2.05) is 0 Å². The molecule has 2 nitrogen and oxygen atoms in total. The van der Waals surface area contributed by atoms with Crippen LogP contribution in [0.5, 0.6) is 0 Å². The van der Waals surface area contributed by atoms with Gasteiger partial charge < -0.3 is 0 Å². The van der Waals surface area contributed by atoms with Crippen LogP contribution >= 0.6 is 0 Å². The van der Waals surface area contributed by atoms with Crippen molar-refractivity contribution in [3.05, 3.63) is 35.4 Å². The lowest BCUT2D eigenvalue weighted by molar-refractivity contribution is 0.478. The molecule has 0 saturated carbocycles. The Morgan fingerprint density at radius 3 is 2.53 bits per heavy atom. The molecule has 15 heavy (non-hydrogen) atoms. The van der Waals surface area contributed by atoms with Gasteiger partial charge in [0.2, 0.25) is 0 Å². The molecular formula is C11H12F2N2. The van der Waals surface area contributed by atoms with Crippen LogP contribution in [0, 0.1) is 23.0 Å². The maximum Gasteiger partial charge on any atom is 0.159 e. The summed E-state index contributed by atoms with van der Waals surface area (Å²) in [5, 5.41) is 11.6. The lowest BCUT2D eigenvalue weighted by atomic mass is 10.1. The number of nitrogens with zero attached hydrogens (tertiary/aromatic N) is 1. The van der Waals surface area contributed by atoms with Crippen molar-refractivity contribution >= 4 is 0 Å². The zero-order valence-electron chi connectivity index (χ0n) is 8.64. The van der Waals surface area contributed by atoms with Crippen molar-refractivity contribution in [3.8, 4) is 6.07 Å². The molecule has 0 aliphatic carbocycles. The first kappa shape index (κ1) is 11.6. The highest BCUT2D eigenvalue weighted by molar-refractivity contribution is 5.18. The maximum atomic E-state index is 12.8. The van der Waals surface area contributed by atoms with Crippen LogP contribution < -0.4 is 5.32 Å². The van der Waals surface area contributed by atoms with E-state index in [-0.39, 0.29) is 0 Å². The Labute approximate surface area is 87.5 Å². The molecule has 1 N–H and O–H groups in total. The van der Waals surface area contributed by atoms with Gasteiger partial charge in [0.1, 0.15) is 5.54 Å². The SMILES string of the molecule is CC(C)(C#N)NCc1ccc(F)c(F)c1. The highest BCUT2D eigenvalue weighted by Crippen LogP contribution is 2.09. The minimum absolute atomic E-state index is 0.331. The molecule has 0 aliphatic rings. The van der Waals surface area contributed by atoms with Crippen LogP contribution in [0.15, 0.2) is 18.2 Å². The van der Waals surface area contributed by atoms with Crippen LogP contribution in [0.1, 0.15) is 19.4 Å². The van der Waals surface area contributed by atoms with Gasteiger partial charge in [-0.3, -0.25) is 5.32 Å². The molecule has 0 fully saturated rings. The van der Waals surface area contributed by atoms with Gasteiger partial charge in [-0.25, -0.2) is 8.78 Å². The van der Waals surface area contributed by atoms with Crippen molar-refractivity contribution in [1.29, 1.82) is 5.26 Å². The van der Waals surface area contributed by atoms with Gasteiger partial charge in [-0.2, -0.15) is 5.26 Å². The van der Waals surface area contributed by atoms with Gasteiger partial charge in [-0.05, 0) is 31.5 Å². The molecule has 1 aromatic rings. The molecule has 0 saturated heterocycles. The lowest BCUT2D eigenvalue weighted by Crippen LogP contribution is -2.36. The summed E-state index contributed by atoms with van der Waals surface area (Å²) in [6, 6.07) is 5.74. The number of halogens is 2. The summed E-state index contributed by atoms with van der Waals surface area (Å²) in [6.07, 6.45) is 0. The zero-order valence-corrected chi connectivity index (χ0v) is 8.64. The molecule has 0 radical (unpaired) electrons. The molecular weight excluding hydrogens is 198 g/mol. The van der Waals surface area contributed by atoms with E-state index in [4.69, 9.17) is 5.26 Å². The Hall–Kier alpha value is -1.47. The van der Waals surface area contributed by atoms with Gasteiger partial charge >= 0.3 is 0 Å². The molecule has 4 heteroatoms. The molecule has 1 aromatic carbocycles. The Morgan fingerprint density at radius 2 is 2.00 bits per heavy atom. The lowest BCUT2D eigenvalue weighted by Gasteiger charge is -2.17. The summed E-state index contributed by atoms with van der Waals surface area (Å²) in [5.41, 5.74) is -0.0672. The Balaban J connectivity index is 2.67. The Bertz CT molecular complexity index is 394. The van der Waals surface area contributed by atoms with Crippen LogP contribution in [-0.4, -0.2) is 5.54 Å². The molecule has 0 aliphatic heterocycles. The number of benzene rings is 1. The topological polar surface area (TPSA) is 35.8 Å². The average molecular weight is 210 g/mol. The largest absolute Gasteiger partial charge is 0.296 e.